The second-order valence-electron chi connectivity index (χ2n) is 8.82. The molecule has 6 rings (SSSR count). The fourth-order valence-corrected chi connectivity index (χ4v) is 4.63. The summed E-state index contributed by atoms with van der Waals surface area (Å²) >= 11 is 3.49. The first-order valence-corrected chi connectivity index (χ1v) is 13.7. The van der Waals surface area contributed by atoms with Gasteiger partial charge in [-0.3, -0.25) is 0 Å². The Hall–Kier alpha value is -4.60. The molecule has 190 valence electrons. The van der Waals surface area contributed by atoms with Crippen LogP contribution < -0.4 is 9.80 Å². The average molecular weight is 570 g/mol. The van der Waals surface area contributed by atoms with Crippen LogP contribution in [0.1, 0.15) is 0 Å². The topological polar surface area (TPSA) is 6.48 Å². The van der Waals surface area contributed by atoms with Gasteiger partial charge < -0.3 is 9.80 Å². The average Bonchev–Trinajstić information content (AvgIpc) is 3.02. The predicted molar refractivity (Wildman–Crippen MR) is 170 cm³/mol. The number of hydrogen-bond acceptors (Lipinski definition) is 2. The van der Waals surface area contributed by atoms with E-state index in [1.165, 1.54) is 17.1 Å². The van der Waals surface area contributed by atoms with Crippen LogP contribution in [-0.4, -0.2) is 0 Å². The van der Waals surface area contributed by atoms with Gasteiger partial charge in [0.15, 0.2) is 0 Å². The summed E-state index contributed by atoms with van der Waals surface area (Å²) in [6.07, 6.45) is 0. The molecule has 6 aromatic carbocycles. The van der Waals surface area contributed by atoms with E-state index in [0.717, 1.165) is 21.5 Å². The number of rotatable bonds is 6. The molecule has 0 heterocycles. The fraction of sp³-hybridized carbons (Fsp3) is 0. The lowest BCUT2D eigenvalue weighted by Gasteiger charge is -2.25. The largest absolute Gasteiger partial charge is 0.311 e. The highest BCUT2D eigenvalue weighted by atomic mass is 79.9. The van der Waals surface area contributed by atoms with E-state index >= 15 is 0 Å². The summed E-state index contributed by atoms with van der Waals surface area (Å²) in [7, 11) is 0. The summed E-state index contributed by atoms with van der Waals surface area (Å²) in [5, 5.41) is 0. The minimum absolute atomic E-state index is 1.09. The lowest BCUT2D eigenvalue weighted by atomic mass is 10.2. The number of halogens is 1. The maximum Gasteiger partial charge on any atom is 0.0462 e. The van der Waals surface area contributed by atoms with E-state index in [4.69, 9.17) is 0 Å². The minimum atomic E-state index is 1.09. The lowest BCUT2D eigenvalue weighted by molar-refractivity contribution is 1.28. The van der Waals surface area contributed by atoms with E-state index < -0.39 is 0 Å². The molecule has 0 N–H and O–H groups in total. The van der Waals surface area contributed by atoms with Gasteiger partial charge in [0.2, 0.25) is 0 Å². The summed E-state index contributed by atoms with van der Waals surface area (Å²) in [4.78, 5) is 4.49. The highest BCUT2D eigenvalue weighted by molar-refractivity contribution is 9.10. The maximum atomic E-state index is 3.49. The minimum Gasteiger partial charge on any atom is -0.311 e. The van der Waals surface area contributed by atoms with Gasteiger partial charge in [0.05, 0.1) is 0 Å². The zero-order chi connectivity index (χ0) is 26.7. The van der Waals surface area contributed by atoms with E-state index in [2.05, 4.69) is 171 Å². The summed E-state index contributed by atoms with van der Waals surface area (Å²) in [5.41, 5.74) is 6.95. The molecule has 0 unspecified atom stereocenters. The first-order chi connectivity index (χ1) is 19.3. The quantitative estimate of drug-likeness (QED) is 0.197. The van der Waals surface area contributed by atoms with Crippen LogP contribution in [0.3, 0.4) is 0 Å². The van der Waals surface area contributed by atoms with Crippen molar-refractivity contribution in [1.29, 1.82) is 0 Å². The van der Waals surface area contributed by atoms with E-state index in [1.807, 2.05) is 30.3 Å². The van der Waals surface area contributed by atoms with E-state index in [0.29, 0.717) is 0 Å². The Morgan fingerprint density at radius 3 is 0.692 bits per heavy atom. The summed E-state index contributed by atoms with van der Waals surface area (Å²) < 4.78 is 1.09. The molecule has 6 aromatic rings. The number of hydrogen-bond donors (Lipinski definition) is 0. The fourth-order valence-electron chi connectivity index (χ4n) is 4.37. The molecule has 2 nitrogen and oxygen atoms in total. The van der Waals surface area contributed by atoms with Crippen molar-refractivity contribution in [2.45, 2.75) is 0 Å². The summed E-state index contributed by atoms with van der Waals surface area (Å²) in [5.74, 6) is 0. The van der Waals surface area contributed by atoms with Gasteiger partial charge in [-0.1, -0.05) is 107 Å². The van der Waals surface area contributed by atoms with Crippen molar-refractivity contribution in [1.82, 2.24) is 0 Å². The zero-order valence-electron chi connectivity index (χ0n) is 21.5. The molecule has 0 amide bonds. The van der Waals surface area contributed by atoms with Gasteiger partial charge in [-0.2, -0.15) is 0 Å². The van der Waals surface area contributed by atoms with Crippen molar-refractivity contribution in [2.75, 3.05) is 9.80 Å². The number of para-hydroxylation sites is 5. The Balaban J connectivity index is 0.000000158. The highest BCUT2D eigenvalue weighted by Crippen LogP contribution is 2.35. The smallest absolute Gasteiger partial charge is 0.0462 e. The highest BCUT2D eigenvalue weighted by Gasteiger charge is 2.11. The molecule has 0 aliphatic rings. The standard InChI is InChI=1S/C18H14BrN.C18H15N/c19-15-11-13-18(14-12-15)20(16-7-3-1-4-8-16)17-9-5-2-6-10-17;1-4-10-16(11-5-1)19(17-12-6-2-7-13-17)18-14-8-3-9-15-18/h1-14H;1-15H. The molecule has 0 aromatic heterocycles. The molecule has 0 radical (unpaired) electrons. The number of nitrogens with zero attached hydrogens (tertiary/aromatic N) is 2. The summed E-state index contributed by atoms with van der Waals surface area (Å²) in [6.45, 7) is 0. The van der Waals surface area contributed by atoms with Crippen molar-refractivity contribution in [3.8, 4) is 0 Å². The van der Waals surface area contributed by atoms with Crippen molar-refractivity contribution in [3.05, 3.63) is 180 Å². The van der Waals surface area contributed by atoms with Crippen LogP contribution in [0.25, 0.3) is 0 Å². The third-order valence-corrected chi connectivity index (χ3v) is 6.69. The third kappa shape index (κ3) is 6.84. The van der Waals surface area contributed by atoms with Crippen LogP contribution in [0.4, 0.5) is 34.1 Å². The second kappa shape index (κ2) is 13.3. The van der Waals surface area contributed by atoms with Crippen molar-refractivity contribution in [2.24, 2.45) is 0 Å². The summed E-state index contributed by atoms with van der Waals surface area (Å²) in [6, 6.07) is 60.4. The van der Waals surface area contributed by atoms with Gasteiger partial charge in [0.25, 0.3) is 0 Å². The van der Waals surface area contributed by atoms with Crippen molar-refractivity contribution in [3.63, 3.8) is 0 Å². The molecular weight excluding hydrogens is 540 g/mol. The molecule has 0 aliphatic heterocycles. The van der Waals surface area contributed by atoms with Gasteiger partial charge in [-0.25, -0.2) is 0 Å². The Morgan fingerprint density at radius 1 is 0.256 bits per heavy atom. The van der Waals surface area contributed by atoms with Crippen LogP contribution in [0.5, 0.6) is 0 Å². The first-order valence-electron chi connectivity index (χ1n) is 12.9. The molecule has 39 heavy (non-hydrogen) atoms. The van der Waals surface area contributed by atoms with Crippen molar-refractivity contribution >= 4 is 50.1 Å². The predicted octanol–water partition coefficient (Wildman–Crippen LogP) is 11.1. The Bertz CT molecular complexity index is 1390. The van der Waals surface area contributed by atoms with Gasteiger partial charge in [0.1, 0.15) is 0 Å². The first kappa shape index (κ1) is 26.0. The molecule has 3 heteroatoms. The maximum absolute atomic E-state index is 3.49. The van der Waals surface area contributed by atoms with Gasteiger partial charge in [0, 0.05) is 38.6 Å². The third-order valence-electron chi connectivity index (χ3n) is 6.16. The molecule has 0 bridgehead atoms. The SMILES string of the molecule is Brc1ccc(N(c2ccccc2)c2ccccc2)cc1.c1ccc(N(c2ccccc2)c2ccccc2)cc1. The van der Waals surface area contributed by atoms with E-state index in [1.54, 1.807) is 0 Å². The van der Waals surface area contributed by atoms with E-state index in [9.17, 15) is 0 Å². The van der Waals surface area contributed by atoms with Crippen LogP contribution in [0.2, 0.25) is 0 Å². The lowest BCUT2D eigenvalue weighted by Crippen LogP contribution is -2.09. The normalized spacial score (nSPS) is 10.2. The van der Waals surface area contributed by atoms with Gasteiger partial charge >= 0.3 is 0 Å². The zero-order valence-corrected chi connectivity index (χ0v) is 23.1. The van der Waals surface area contributed by atoms with Gasteiger partial charge in [-0.05, 0) is 84.9 Å². The molecule has 0 spiro atoms. The second-order valence-corrected chi connectivity index (χ2v) is 9.74. The molecular formula is C36H29BrN2. The van der Waals surface area contributed by atoms with Crippen molar-refractivity contribution < 1.29 is 0 Å². The van der Waals surface area contributed by atoms with Crippen LogP contribution in [-0.2, 0) is 0 Å². The molecule has 0 aliphatic carbocycles. The Morgan fingerprint density at radius 2 is 0.462 bits per heavy atom. The van der Waals surface area contributed by atoms with Gasteiger partial charge in [-0.15, -0.1) is 0 Å². The molecule has 0 atom stereocenters. The van der Waals surface area contributed by atoms with Crippen LogP contribution in [0, 0.1) is 0 Å². The monoisotopic (exact) mass is 568 g/mol. The molecule has 0 fully saturated rings. The van der Waals surface area contributed by atoms with Crippen LogP contribution in [0.15, 0.2) is 180 Å². The Kier molecular flexibility index (Phi) is 8.86. The molecule has 0 saturated heterocycles. The Labute approximate surface area is 239 Å². The van der Waals surface area contributed by atoms with Crippen LogP contribution >= 0.6 is 15.9 Å². The van der Waals surface area contributed by atoms with E-state index in [-0.39, 0.29) is 0 Å². The number of anilines is 6. The molecule has 0 saturated carbocycles. The number of benzene rings is 6.